The summed E-state index contributed by atoms with van der Waals surface area (Å²) < 4.78 is 7.46. The number of ether oxygens (including phenoxy) is 1. The Balaban J connectivity index is 1.86. The molecule has 0 aliphatic rings. The van der Waals surface area contributed by atoms with E-state index in [0.29, 0.717) is 21.4 Å². The van der Waals surface area contributed by atoms with Crippen LogP contribution in [0.25, 0.3) is 5.65 Å². The fourth-order valence-electron chi connectivity index (χ4n) is 1.73. The minimum Gasteiger partial charge on any atom is -0.467 e. The summed E-state index contributed by atoms with van der Waals surface area (Å²) in [6, 6.07) is 12.4. The van der Waals surface area contributed by atoms with Gasteiger partial charge in [-0.25, -0.2) is 4.98 Å². The molecule has 1 aromatic carbocycles. The van der Waals surface area contributed by atoms with E-state index in [1.54, 1.807) is 23.4 Å². The highest BCUT2D eigenvalue weighted by Gasteiger charge is 2.11. The molecular formula is C13H11BrN4OS. The van der Waals surface area contributed by atoms with Gasteiger partial charge in [0, 0.05) is 11.8 Å². The summed E-state index contributed by atoms with van der Waals surface area (Å²) >= 11 is 4.91. The molecule has 0 bridgehead atoms. The molecule has 3 aromatic rings. The van der Waals surface area contributed by atoms with E-state index < -0.39 is 0 Å². The van der Waals surface area contributed by atoms with E-state index >= 15 is 0 Å². The fraction of sp³-hybridized carbons (Fsp3) is 0.154. The molecule has 0 N–H and O–H groups in total. The zero-order chi connectivity index (χ0) is 13.9. The van der Waals surface area contributed by atoms with Crippen molar-refractivity contribution in [2.24, 2.45) is 0 Å². The Labute approximate surface area is 128 Å². The molecule has 0 saturated heterocycles. The summed E-state index contributed by atoms with van der Waals surface area (Å²) in [6.07, 6.45) is 0. The number of methoxy groups -OCH3 is 1. The number of rotatable bonds is 4. The van der Waals surface area contributed by atoms with Crippen LogP contribution in [0.15, 0.2) is 46.2 Å². The number of thioether (sulfide) groups is 1. The van der Waals surface area contributed by atoms with Crippen molar-refractivity contribution in [2.45, 2.75) is 10.9 Å². The Morgan fingerprint density at radius 3 is 2.80 bits per heavy atom. The lowest BCUT2D eigenvalue weighted by atomic mass is 10.2. The maximum absolute atomic E-state index is 5.19. The van der Waals surface area contributed by atoms with Gasteiger partial charge in [-0.1, -0.05) is 42.1 Å². The number of benzene rings is 1. The molecule has 20 heavy (non-hydrogen) atoms. The molecule has 0 aliphatic heterocycles. The monoisotopic (exact) mass is 350 g/mol. The summed E-state index contributed by atoms with van der Waals surface area (Å²) in [6.45, 7) is 0. The summed E-state index contributed by atoms with van der Waals surface area (Å²) in [5.41, 5.74) is 1.95. The Bertz CT molecular complexity index is 732. The van der Waals surface area contributed by atoms with E-state index in [1.165, 1.54) is 5.56 Å². The second-order valence-corrected chi connectivity index (χ2v) is 5.76. The van der Waals surface area contributed by atoms with E-state index in [9.17, 15) is 0 Å². The molecule has 0 unspecified atom stereocenters. The lowest BCUT2D eigenvalue weighted by Crippen LogP contribution is -1.99. The summed E-state index contributed by atoms with van der Waals surface area (Å²) in [7, 11) is 1.56. The quantitative estimate of drug-likeness (QED) is 0.534. The highest BCUT2D eigenvalue weighted by Crippen LogP contribution is 2.23. The first-order chi connectivity index (χ1) is 9.76. The summed E-state index contributed by atoms with van der Waals surface area (Å²) in [5.74, 6) is 0.828. The van der Waals surface area contributed by atoms with Crippen molar-refractivity contribution in [3.63, 3.8) is 0 Å². The van der Waals surface area contributed by atoms with E-state index in [0.717, 1.165) is 5.75 Å². The van der Waals surface area contributed by atoms with Crippen molar-refractivity contribution in [1.82, 2.24) is 19.6 Å². The van der Waals surface area contributed by atoms with Gasteiger partial charge in [0.15, 0.2) is 5.65 Å². The van der Waals surface area contributed by atoms with Crippen molar-refractivity contribution in [2.75, 3.05) is 7.11 Å². The minimum atomic E-state index is 0.411. The van der Waals surface area contributed by atoms with Gasteiger partial charge in [0.2, 0.25) is 5.16 Å². The maximum Gasteiger partial charge on any atom is 0.320 e. The molecule has 5 nitrogen and oxygen atoms in total. The highest BCUT2D eigenvalue weighted by atomic mass is 79.9. The van der Waals surface area contributed by atoms with Crippen LogP contribution < -0.4 is 4.74 Å². The summed E-state index contributed by atoms with van der Waals surface area (Å²) in [5, 5.41) is 5.10. The van der Waals surface area contributed by atoms with Crippen LogP contribution in [0, 0.1) is 0 Å². The Kier molecular flexibility index (Phi) is 3.88. The van der Waals surface area contributed by atoms with E-state index in [4.69, 9.17) is 4.74 Å². The van der Waals surface area contributed by atoms with Gasteiger partial charge in [-0.15, -0.1) is 5.10 Å². The Morgan fingerprint density at radius 2 is 2.05 bits per heavy atom. The molecule has 0 radical (unpaired) electrons. The molecule has 0 aliphatic carbocycles. The lowest BCUT2D eigenvalue weighted by molar-refractivity contribution is 0.365. The van der Waals surface area contributed by atoms with Crippen molar-refractivity contribution < 1.29 is 4.74 Å². The number of aromatic nitrogens is 4. The molecule has 102 valence electrons. The number of fused-ring (bicyclic) bond motifs is 1. The number of halogens is 1. The second kappa shape index (κ2) is 5.80. The molecule has 0 atom stereocenters. The number of hydrogen-bond donors (Lipinski definition) is 0. The van der Waals surface area contributed by atoms with Crippen LogP contribution in [0.5, 0.6) is 6.01 Å². The van der Waals surface area contributed by atoms with Crippen LogP contribution in [-0.4, -0.2) is 26.7 Å². The SMILES string of the molecule is COc1nc(Br)cc2nc(SCc3ccccc3)nn12. The van der Waals surface area contributed by atoms with E-state index in [1.807, 2.05) is 24.3 Å². The summed E-state index contributed by atoms with van der Waals surface area (Å²) in [4.78, 5) is 8.66. The molecule has 0 amide bonds. The third-order valence-corrected chi connectivity index (χ3v) is 3.95. The molecule has 7 heteroatoms. The number of hydrogen-bond acceptors (Lipinski definition) is 5. The molecular weight excluding hydrogens is 340 g/mol. The third-order valence-electron chi connectivity index (χ3n) is 2.64. The van der Waals surface area contributed by atoms with Gasteiger partial charge in [-0.05, 0) is 21.5 Å². The van der Waals surface area contributed by atoms with Crippen LogP contribution >= 0.6 is 27.7 Å². The van der Waals surface area contributed by atoms with Gasteiger partial charge in [0.25, 0.3) is 0 Å². The van der Waals surface area contributed by atoms with Crippen LogP contribution in [0.4, 0.5) is 0 Å². The first kappa shape index (κ1) is 13.4. The standard InChI is InChI=1S/C13H11BrN4OS/c1-19-13-15-10(14)7-11-16-12(17-18(11)13)20-8-9-5-3-2-4-6-9/h2-7H,8H2,1H3. The molecule has 0 saturated carbocycles. The van der Waals surface area contributed by atoms with Crippen LogP contribution in [-0.2, 0) is 5.75 Å². The zero-order valence-electron chi connectivity index (χ0n) is 10.7. The van der Waals surface area contributed by atoms with Crippen LogP contribution in [0.3, 0.4) is 0 Å². The third kappa shape index (κ3) is 2.78. The average Bonchev–Trinajstić information content (AvgIpc) is 2.88. The van der Waals surface area contributed by atoms with Gasteiger partial charge in [0.1, 0.15) is 4.60 Å². The normalized spacial score (nSPS) is 10.9. The van der Waals surface area contributed by atoms with Crippen molar-refractivity contribution in [3.05, 3.63) is 46.6 Å². The van der Waals surface area contributed by atoms with Crippen molar-refractivity contribution in [1.29, 1.82) is 0 Å². The minimum absolute atomic E-state index is 0.411. The van der Waals surface area contributed by atoms with E-state index in [-0.39, 0.29) is 0 Å². The second-order valence-electron chi connectivity index (χ2n) is 4.00. The lowest BCUT2D eigenvalue weighted by Gasteiger charge is -2.00. The fourth-order valence-corrected chi connectivity index (χ4v) is 2.87. The predicted octanol–water partition coefficient (Wildman–Crippen LogP) is 3.19. The topological polar surface area (TPSA) is 52.3 Å². The number of nitrogens with zero attached hydrogens (tertiary/aromatic N) is 4. The highest BCUT2D eigenvalue weighted by molar-refractivity contribution is 9.10. The van der Waals surface area contributed by atoms with Gasteiger partial charge in [-0.3, -0.25) is 0 Å². The Morgan fingerprint density at radius 1 is 1.25 bits per heavy atom. The van der Waals surface area contributed by atoms with Crippen molar-refractivity contribution >= 4 is 33.3 Å². The largest absolute Gasteiger partial charge is 0.467 e. The average molecular weight is 351 g/mol. The first-order valence-corrected chi connectivity index (χ1v) is 7.68. The van der Waals surface area contributed by atoms with Gasteiger partial charge in [0.05, 0.1) is 7.11 Å². The van der Waals surface area contributed by atoms with Crippen molar-refractivity contribution in [3.8, 4) is 6.01 Å². The van der Waals surface area contributed by atoms with Gasteiger partial charge >= 0.3 is 6.01 Å². The molecule has 2 heterocycles. The molecule has 3 rings (SSSR count). The van der Waals surface area contributed by atoms with Gasteiger partial charge in [-0.2, -0.15) is 9.50 Å². The van der Waals surface area contributed by atoms with Crippen LogP contribution in [0.2, 0.25) is 0 Å². The van der Waals surface area contributed by atoms with Gasteiger partial charge < -0.3 is 4.74 Å². The van der Waals surface area contributed by atoms with E-state index in [2.05, 4.69) is 43.1 Å². The molecule has 0 spiro atoms. The predicted molar refractivity (Wildman–Crippen MR) is 81.0 cm³/mol. The zero-order valence-corrected chi connectivity index (χ0v) is 13.1. The smallest absolute Gasteiger partial charge is 0.320 e. The Hall–Kier alpha value is -1.60. The maximum atomic E-state index is 5.19. The van der Waals surface area contributed by atoms with Crippen LogP contribution in [0.1, 0.15) is 5.56 Å². The molecule has 2 aromatic heterocycles. The first-order valence-electron chi connectivity index (χ1n) is 5.90. The molecule has 0 fully saturated rings.